The first kappa shape index (κ1) is 22.0. The molecule has 8 nitrogen and oxygen atoms in total. The van der Waals surface area contributed by atoms with E-state index < -0.39 is 5.97 Å². The van der Waals surface area contributed by atoms with Crippen molar-refractivity contribution in [2.45, 2.75) is 20.0 Å². The van der Waals surface area contributed by atoms with Gasteiger partial charge in [-0.15, -0.1) is 0 Å². The normalized spacial score (nSPS) is 11.4. The number of carboxylic acid groups (broad SMARTS) is 1. The van der Waals surface area contributed by atoms with Crippen molar-refractivity contribution in [2.75, 3.05) is 6.61 Å². The highest BCUT2D eigenvalue weighted by atomic mass is 19.1. The van der Waals surface area contributed by atoms with Gasteiger partial charge < -0.3 is 19.5 Å². The molecule has 0 fully saturated rings. The van der Waals surface area contributed by atoms with Gasteiger partial charge in [-0.3, -0.25) is 10.3 Å². The maximum atomic E-state index is 13.2. The molecule has 1 heterocycles. The molecule has 1 aromatic heterocycles. The standard InChI is InChI=1S/C22H21FN2O6/c1-2-7-30-24-20(13-29-18-9-14(12-26)8-16(10-18)22(27)28)21-11-19(25-31-21)15-3-5-17(23)6-4-15/h3-6,8-11,13,24,26H,2,7,12H2,1H3,(H,27,28). The van der Waals surface area contributed by atoms with Crippen molar-refractivity contribution < 1.29 is 33.5 Å². The van der Waals surface area contributed by atoms with Crippen LogP contribution in [0.4, 0.5) is 4.39 Å². The number of hydrogen-bond donors (Lipinski definition) is 3. The fraction of sp³-hybridized carbons (Fsp3) is 0.182. The van der Waals surface area contributed by atoms with Crippen molar-refractivity contribution >= 4 is 11.7 Å². The van der Waals surface area contributed by atoms with Crippen LogP contribution in [0.1, 0.15) is 35.0 Å². The number of ether oxygens (including phenoxy) is 1. The number of nitrogens with one attached hydrogen (secondary N) is 1. The summed E-state index contributed by atoms with van der Waals surface area (Å²) in [6.45, 7) is 2.02. The molecule has 0 radical (unpaired) electrons. The summed E-state index contributed by atoms with van der Waals surface area (Å²) >= 11 is 0. The molecular formula is C22H21FN2O6. The van der Waals surface area contributed by atoms with Crippen LogP contribution in [0.15, 0.2) is 59.3 Å². The number of hydrogen-bond acceptors (Lipinski definition) is 7. The molecule has 0 bridgehead atoms. The van der Waals surface area contributed by atoms with Crippen molar-refractivity contribution in [3.63, 3.8) is 0 Å². The van der Waals surface area contributed by atoms with Crippen LogP contribution in [-0.4, -0.2) is 27.9 Å². The van der Waals surface area contributed by atoms with Crippen LogP contribution in [0.25, 0.3) is 17.0 Å². The Bertz CT molecular complexity index is 1060. The number of halogens is 1. The third-order valence-electron chi connectivity index (χ3n) is 4.11. The summed E-state index contributed by atoms with van der Waals surface area (Å²) in [7, 11) is 0. The highest BCUT2D eigenvalue weighted by molar-refractivity contribution is 5.88. The molecule has 0 amide bonds. The molecule has 162 valence electrons. The number of carboxylic acids is 1. The average Bonchev–Trinajstić information content (AvgIpc) is 3.26. The Morgan fingerprint density at radius 3 is 2.68 bits per heavy atom. The zero-order valence-electron chi connectivity index (χ0n) is 16.7. The number of aromatic carboxylic acids is 1. The lowest BCUT2D eigenvalue weighted by atomic mass is 10.1. The molecule has 0 saturated heterocycles. The van der Waals surface area contributed by atoms with E-state index in [0.717, 1.165) is 6.42 Å². The summed E-state index contributed by atoms with van der Waals surface area (Å²) in [6, 6.07) is 11.6. The second kappa shape index (κ2) is 10.4. The maximum absolute atomic E-state index is 13.2. The summed E-state index contributed by atoms with van der Waals surface area (Å²) in [5, 5.41) is 22.6. The lowest BCUT2D eigenvalue weighted by Crippen LogP contribution is -2.14. The van der Waals surface area contributed by atoms with Gasteiger partial charge >= 0.3 is 5.97 Å². The van der Waals surface area contributed by atoms with E-state index in [2.05, 4.69) is 10.6 Å². The molecule has 0 saturated carbocycles. The van der Waals surface area contributed by atoms with Gasteiger partial charge in [0.2, 0.25) is 0 Å². The Balaban J connectivity index is 1.87. The minimum atomic E-state index is -1.15. The predicted octanol–water partition coefficient (Wildman–Crippen LogP) is 3.98. The molecule has 0 atom stereocenters. The minimum absolute atomic E-state index is 0.0232. The van der Waals surface area contributed by atoms with Gasteiger partial charge in [0, 0.05) is 11.6 Å². The molecule has 31 heavy (non-hydrogen) atoms. The lowest BCUT2D eigenvalue weighted by molar-refractivity contribution is 0.0696. The van der Waals surface area contributed by atoms with Crippen molar-refractivity contribution in [1.82, 2.24) is 10.6 Å². The fourth-order valence-corrected chi connectivity index (χ4v) is 2.59. The number of nitrogens with zero attached hydrogens (tertiary/aromatic N) is 1. The highest BCUT2D eigenvalue weighted by Gasteiger charge is 2.13. The van der Waals surface area contributed by atoms with Crippen LogP contribution < -0.4 is 10.2 Å². The largest absolute Gasteiger partial charge is 0.478 e. The van der Waals surface area contributed by atoms with Gasteiger partial charge in [-0.1, -0.05) is 12.1 Å². The first-order valence-electron chi connectivity index (χ1n) is 9.46. The summed E-state index contributed by atoms with van der Waals surface area (Å²) in [5.74, 6) is -1.01. The van der Waals surface area contributed by atoms with E-state index in [0.29, 0.717) is 29.1 Å². The molecular weight excluding hydrogens is 407 g/mol. The maximum Gasteiger partial charge on any atom is 0.335 e. The second-order valence-corrected chi connectivity index (χ2v) is 6.51. The SMILES string of the molecule is CCCONC(=COc1cc(CO)cc(C(=O)O)c1)c1cc(-c2ccc(F)cc2)no1. The molecule has 0 aliphatic heterocycles. The van der Waals surface area contributed by atoms with Crippen molar-refractivity contribution in [2.24, 2.45) is 0 Å². The first-order valence-corrected chi connectivity index (χ1v) is 9.46. The molecule has 3 aromatic rings. The van der Waals surface area contributed by atoms with Crippen LogP contribution in [0.2, 0.25) is 0 Å². The van der Waals surface area contributed by atoms with E-state index in [9.17, 15) is 19.4 Å². The van der Waals surface area contributed by atoms with Crippen molar-refractivity contribution in [3.05, 3.63) is 77.5 Å². The van der Waals surface area contributed by atoms with Crippen LogP contribution in [0, 0.1) is 5.82 Å². The molecule has 0 aliphatic rings. The zero-order chi connectivity index (χ0) is 22.2. The van der Waals surface area contributed by atoms with Gasteiger partial charge in [0.15, 0.2) is 5.76 Å². The molecule has 2 aromatic carbocycles. The van der Waals surface area contributed by atoms with E-state index in [1.165, 1.54) is 36.6 Å². The quantitative estimate of drug-likeness (QED) is 0.252. The van der Waals surface area contributed by atoms with Gasteiger partial charge in [-0.2, -0.15) is 0 Å². The average molecular weight is 428 g/mol. The van der Waals surface area contributed by atoms with Crippen molar-refractivity contribution in [3.8, 4) is 17.0 Å². The van der Waals surface area contributed by atoms with Crippen molar-refractivity contribution in [1.29, 1.82) is 0 Å². The van der Waals surface area contributed by atoms with E-state index in [1.807, 2.05) is 6.92 Å². The number of rotatable bonds is 10. The topological polar surface area (TPSA) is 114 Å². The summed E-state index contributed by atoms with van der Waals surface area (Å²) < 4.78 is 24.1. The third-order valence-corrected chi connectivity index (χ3v) is 4.11. The van der Waals surface area contributed by atoms with Gasteiger partial charge in [-0.25, -0.2) is 9.18 Å². The highest BCUT2D eigenvalue weighted by Crippen LogP contribution is 2.24. The van der Waals surface area contributed by atoms with Crippen LogP contribution in [0.3, 0.4) is 0 Å². The number of aliphatic hydroxyl groups is 1. The van der Waals surface area contributed by atoms with Gasteiger partial charge in [0.05, 0.1) is 18.8 Å². The lowest BCUT2D eigenvalue weighted by Gasteiger charge is -2.09. The zero-order valence-corrected chi connectivity index (χ0v) is 16.7. The summed E-state index contributed by atoms with van der Waals surface area (Å²) in [4.78, 5) is 16.6. The Morgan fingerprint density at radius 1 is 1.23 bits per heavy atom. The Hall–Kier alpha value is -3.69. The van der Waals surface area contributed by atoms with E-state index >= 15 is 0 Å². The van der Waals surface area contributed by atoms with E-state index in [1.54, 1.807) is 18.2 Å². The van der Waals surface area contributed by atoms with Crippen LogP contribution in [0.5, 0.6) is 5.75 Å². The Kier molecular flexibility index (Phi) is 7.36. The molecule has 0 aliphatic carbocycles. The number of aromatic nitrogens is 1. The monoisotopic (exact) mass is 428 g/mol. The van der Waals surface area contributed by atoms with Gasteiger partial charge in [0.1, 0.15) is 29.2 Å². The molecule has 3 N–H and O–H groups in total. The number of benzene rings is 2. The summed E-state index contributed by atoms with van der Waals surface area (Å²) in [6.07, 6.45) is 2.05. The molecule has 0 unspecified atom stereocenters. The molecule has 0 spiro atoms. The Labute approximate surface area is 177 Å². The van der Waals surface area contributed by atoms with Gasteiger partial charge in [0.25, 0.3) is 0 Å². The Morgan fingerprint density at radius 2 is 2.00 bits per heavy atom. The molecule has 9 heteroatoms. The third kappa shape index (κ3) is 5.91. The smallest absolute Gasteiger partial charge is 0.335 e. The molecule has 3 rings (SSSR count). The predicted molar refractivity (Wildman–Crippen MR) is 109 cm³/mol. The number of carbonyl (C=O) groups is 1. The fourth-order valence-electron chi connectivity index (χ4n) is 2.59. The number of aliphatic hydroxyl groups excluding tert-OH is 1. The van der Waals surface area contributed by atoms with E-state index in [4.69, 9.17) is 14.1 Å². The van der Waals surface area contributed by atoms with Crippen LogP contribution in [-0.2, 0) is 11.4 Å². The van der Waals surface area contributed by atoms with Gasteiger partial charge in [-0.05, 0) is 54.4 Å². The number of hydroxylamine groups is 1. The minimum Gasteiger partial charge on any atom is -0.478 e. The van der Waals surface area contributed by atoms with E-state index in [-0.39, 0.29) is 29.5 Å². The summed E-state index contributed by atoms with van der Waals surface area (Å²) in [5.41, 5.74) is 4.52. The second-order valence-electron chi connectivity index (χ2n) is 6.51. The first-order chi connectivity index (χ1) is 15.0. The van der Waals surface area contributed by atoms with Crippen LogP contribution >= 0.6 is 0 Å².